The van der Waals surface area contributed by atoms with Crippen molar-refractivity contribution in [2.45, 2.75) is 65.5 Å². The number of alkyl carbamates (subject to hydrolysis) is 1. The normalized spacial score (nSPS) is 19.0. The highest BCUT2D eigenvalue weighted by Crippen LogP contribution is 2.31. The summed E-state index contributed by atoms with van der Waals surface area (Å²) in [5.74, 6) is -0.125. The maximum absolute atomic E-state index is 12.0. The van der Waals surface area contributed by atoms with Gasteiger partial charge in [0.25, 0.3) is 0 Å². The van der Waals surface area contributed by atoms with Gasteiger partial charge in [-0.1, -0.05) is 20.3 Å². The molecule has 1 saturated carbocycles. The van der Waals surface area contributed by atoms with Gasteiger partial charge in [-0.25, -0.2) is 9.78 Å². The maximum atomic E-state index is 12.0. The van der Waals surface area contributed by atoms with Gasteiger partial charge in [-0.3, -0.25) is 9.48 Å². The topological polar surface area (TPSA) is 116 Å². The number of carbonyl (C=O) groups excluding carboxylic acids is 1. The van der Waals surface area contributed by atoms with Gasteiger partial charge in [0.15, 0.2) is 0 Å². The molecule has 180 valence electrons. The van der Waals surface area contributed by atoms with Crippen LogP contribution >= 0.6 is 0 Å². The van der Waals surface area contributed by atoms with Crippen LogP contribution in [-0.4, -0.2) is 44.6 Å². The summed E-state index contributed by atoms with van der Waals surface area (Å²) in [5, 5.41) is 16.4. The SMILES string of the molecule is CCC(C)COC(=O)NCc1c(-c2ccc(O[C@H]3CCC[C@H](C(=O)O)C3)c(C)n2)cnn1C. The van der Waals surface area contributed by atoms with Crippen LogP contribution < -0.4 is 10.1 Å². The van der Waals surface area contributed by atoms with E-state index in [0.717, 1.165) is 41.9 Å². The maximum Gasteiger partial charge on any atom is 0.407 e. The molecule has 3 atom stereocenters. The van der Waals surface area contributed by atoms with Gasteiger partial charge < -0.3 is 19.9 Å². The minimum absolute atomic E-state index is 0.120. The first-order valence-corrected chi connectivity index (χ1v) is 11.6. The fourth-order valence-electron chi connectivity index (χ4n) is 3.91. The summed E-state index contributed by atoms with van der Waals surface area (Å²) in [6.45, 7) is 6.62. The second-order valence-electron chi connectivity index (χ2n) is 8.82. The Morgan fingerprint density at radius 2 is 2.12 bits per heavy atom. The van der Waals surface area contributed by atoms with Gasteiger partial charge in [0, 0.05) is 12.6 Å². The Kier molecular flexibility index (Phi) is 8.30. The molecule has 9 heteroatoms. The molecule has 0 aliphatic heterocycles. The predicted octanol–water partition coefficient (Wildman–Crippen LogP) is 4.09. The van der Waals surface area contributed by atoms with Crippen molar-refractivity contribution in [1.82, 2.24) is 20.1 Å². The molecule has 1 fully saturated rings. The standard InChI is InChI=1S/C24H34N4O5/c1-5-15(2)14-32-24(31)25-13-21-19(12-26-28(21)4)20-9-10-22(16(3)27-20)33-18-8-6-7-17(11-18)23(29)30/h9-10,12,15,17-18H,5-8,11,13-14H2,1-4H3,(H,25,31)(H,29,30)/t15?,17-,18-/m0/s1. The fourth-order valence-corrected chi connectivity index (χ4v) is 3.91. The second-order valence-corrected chi connectivity index (χ2v) is 8.82. The number of aryl methyl sites for hydroxylation is 2. The molecule has 1 aliphatic rings. The summed E-state index contributed by atoms with van der Waals surface area (Å²) in [6, 6.07) is 3.73. The zero-order chi connectivity index (χ0) is 24.0. The molecule has 0 aromatic carbocycles. The van der Waals surface area contributed by atoms with Gasteiger partial charge in [0.2, 0.25) is 0 Å². The van der Waals surface area contributed by atoms with Crippen LogP contribution in [0.5, 0.6) is 5.75 Å². The van der Waals surface area contributed by atoms with E-state index in [-0.39, 0.29) is 18.6 Å². The van der Waals surface area contributed by atoms with E-state index in [1.807, 2.05) is 33.0 Å². The van der Waals surface area contributed by atoms with E-state index in [2.05, 4.69) is 17.3 Å². The number of ether oxygens (including phenoxy) is 2. The molecule has 0 radical (unpaired) electrons. The lowest BCUT2D eigenvalue weighted by Crippen LogP contribution is -2.29. The van der Waals surface area contributed by atoms with Crippen LogP contribution in [0.2, 0.25) is 0 Å². The second kappa shape index (κ2) is 11.2. The third-order valence-corrected chi connectivity index (χ3v) is 6.24. The van der Waals surface area contributed by atoms with E-state index >= 15 is 0 Å². The highest BCUT2D eigenvalue weighted by atomic mass is 16.5. The summed E-state index contributed by atoms with van der Waals surface area (Å²) in [7, 11) is 1.82. The lowest BCUT2D eigenvalue weighted by atomic mass is 9.87. The first-order chi connectivity index (χ1) is 15.8. The van der Waals surface area contributed by atoms with Crippen molar-refractivity contribution in [1.29, 1.82) is 0 Å². The van der Waals surface area contributed by atoms with Crippen LogP contribution in [-0.2, 0) is 23.1 Å². The molecular formula is C24H34N4O5. The Hall–Kier alpha value is -3.10. The van der Waals surface area contributed by atoms with Crippen LogP contribution in [0.25, 0.3) is 11.3 Å². The fraction of sp³-hybridized carbons (Fsp3) is 0.583. The van der Waals surface area contributed by atoms with E-state index in [1.165, 1.54) is 0 Å². The molecule has 2 N–H and O–H groups in total. The molecule has 0 bridgehead atoms. The van der Waals surface area contributed by atoms with E-state index < -0.39 is 12.1 Å². The van der Waals surface area contributed by atoms with Crippen molar-refractivity contribution in [3.05, 3.63) is 29.7 Å². The van der Waals surface area contributed by atoms with Crippen molar-refractivity contribution < 1.29 is 24.2 Å². The minimum Gasteiger partial charge on any atom is -0.489 e. The van der Waals surface area contributed by atoms with Crippen LogP contribution in [0.1, 0.15) is 57.3 Å². The van der Waals surface area contributed by atoms with Gasteiger partial charge in [0.05, 0.1) is 48.5 Å². The number of aromatic nitrogens is 3. The molecule has 2 aromatic heterocycles. The van der Waals surface area contributed by atoms with Gasteiger partial charge in [-0.2, -0.15) is 5.10 Å². The van der Waals surface area contributed by atoms with Crippen molar-refractivity contribution in [2.75, 3.05) is 6.61 Å². The van der Waals surface area contributed by atoms with E-state index in [4.69, 9.17) is 14.5 Å². The number of aliphatic carboxylic acids is 1. The molecule has 1 amide bonds. The summed E-state index contributed by atoms with van der Waals surface area (Å²) in [4.78, 5) is 28.1. The van der Waals surface area contributed by atoms with E-state index in [0.29, 0.717) is 31.1 Å². The largest absolute Gasteiger partial charge is 0.489 e. The number of amides is 1. The number of nitrogens with zero attached hydrogens (tertiary/aromatic N) is 3. The number of hydrogen-bond acceptors (Lipinski definition) is 6. The van der Waals surface area contributed by atoms with E-state index in [1.54, 1.807) is 10.9 Å². The number of carboxylic acid groups (broad SMARTS) is 1. The molecule has 2 aromatic rings. The Labute approximate surface area is 194 Å². The lowest BCUT2D eigenvalue weighted by molar-refractivity contribution is -0.143. The number of carboxylic acids is 1. The third-order valence-electron chi connectivity index (χ3n) is 6.24. The molecule has 2 heterocycles. The summed E-state index contributed by atoms with van der Waals surface area (Å²) >= 11 is 0. The van der Waals surface area contributed by atoms with Crippen LogP contribution in [0.3, 0.4) is 0 Å². The van der Waals surface area contributed by atoms with Crippen molar-refractivity contribution in [3.8, 4) is 17.0 Å². The Morgan fingerprint density at radius 1 is 1.33 bits per heavy atom. The molecule has 0 spiro atoms. The highest BCUT2D eigenvalue weighted by molar-refractivity contribution is 5.70. The summed E-state index contributed by atoms with van der Waals surface area (Å²) in [5.41, 5.74) is 3.08. The zero-order valence-electron chi connectivity index (χ0n) is 19.8. The van der Waals surface area contributed by atoms with Crippen molar-refractivity contribution >= 4 is 12.1 Å². The molecular weight excluding hydrogens is 424 g/mol. The molecule has 1 unspecified atom stereocenters. The monoisotopic (exact) mass is 458 g/mol. The highest BCUT2D eigenvalue weighted by Gasteiger charge is 2.28. The van der Waals surface area contributed by atoms with Crippen molar-refractivity contribution in [2.24, 2.45) is 18.9 Å². The number of rotatable bonds is 9. The number of nitrogens with one attached hydrogen (secondary N) is 1. The van der Waals surface area contributed by atoms with Crippen LogP contribution in [0, 0.1) is 18.8 Å². The minimum atomic E-state index is -0.755. The first kappa shape index (κ1) is 24.5. The van der Waals surface area contributed by atoms with Gasteiger partial charge in [-0.15, -0.1) is 0 Å². The van der Waals surface area contributed by atoms with Gasteiger partial charge >= 0.3 is 12.1 Å². The third kappa shape index (κ3) is 6.46. The molecule has 9 nitrogen and oxygen atoms in total. The molecule has 0 saturated heterocycles. The number of carbonyl (C=O) groups is 2. The smallest absolute Gasteiger partial charge is 0.407 e. The average Bonchev–Trinajstić information content (AvgIpc) is 3.17. The Bertz CT molecular complexity index is 974. The van der Waals surface area contributed by atoms with Gasteiger partial charge in [-0.05, 0) is 50.7 Å². The van der Waals surface area contributed by atoms with E-state index in [9.17, 15) is 14.7 Å². The number of hydrogen-bond donors (Lipinski definition) is 2. The lowest BCUT2D eigenvalue weighted by Gasteiger charge is -2.27. The number of pyridine rings is 1. The summed E-state index contributed by atoms with van der Waals surface area (Å²) in [6.07, 6.45) is 5.01. The molecule has 33 heavy (non-hydrogen) atoms. The Balaban J connectivity index is 1.66. The molecule has 1 aliphatic carbocycles. The first-order valence-electron chi connectivity index (χ1n) is 11.6. The Morgan fingerprint density at radius 3 is 2.82 bits per heavy atom. The molecule has 3 rings (SSSR count). The zero-order valence-corrected chi connectivity index (χ0v) is 19.8. The van der Waals surface area contributed by atoms with Crippen molar-refractivity contribution in [3.63, 3.8) is 0 Å². The quantitative estimate of drug-likeness (QED) is 0.581. The van der Waals surface area contributed by atoms with Crippen LogP contribution in [0.15, 0.2) is 18.3 Å². The van der Waals surface area contributed by atoms with Crippen LogP contribution in [0.4, 0.5) is 4.79 Å². The summed E-state index contributed by atoms with van der Waals surface area (Å²) < 4.78 is 13.1. The average molecular weight is 459 g/mol. The predicted molar refractivity (Wildman–Crippen MR) is 123 cm³/mol. The van der Waals surface area contributed by atoms with Gasteiger partial charge in [0.1, 0.15) is 5.75 Å².